The van der Waals surface area contributed by atoms with Crippen LogP contribution in [0.25, 0.3) is 22.2 Å². The highest BCUT2D eigenvalue weighted by Gasteiger charge is 2.19. The van der Waals surface area contributed by atoms with Gasteiger partial charge in [0, 0.05) is 24.8 Å². The van der Waals surface area contributed by atoms with Gasteiger partial charge in [0.25, 0.3) is 5.56 Å². The second-order valence-corrected chi connectivity index (χ2v) is 7.24. The molecule has 0 N–H and O–H groups in total. The molecule has 0 aliphatic carbocycles. The van der Waals surface area contributed by atoms with Crippen LogP contribution in [0.3, 0.4) is 0 Å². The summed E-state index contributed by atoms with van der Waals surface area (Å²) in [6.07, 6.45) is 5.94. The first-order valence-electron chi connectivity index (χ1n) is 7.02. The summed E-state index contributed by atoms with van der Waals surface area (Å²) in [4.78, 5) is 25.6. The smallest absolute Gasteiger partial charge is 0.267 e. The molecular weight excluding hydrogens is 385 g/mol. The Balaban J connectivity index is 2.22. The second-order valence-electron chi connectivity index (χ2n) is 5.15. The van der Waals surface area contributed by atoms with Gasteiger partial charge in [0.15, 0.2) is 5.65 Å². The van der Waals surface area contributed by atoms with Gasteiger partial charge in [-0.2, -0.15) is 0 Å². The Kier molecular flexibility index (Phi) is 3.82. The Morgan fingerprint density at radius 1 is 1.16 bits per heavy atom. The van der Waals surface area contributed by atoms with Gasteiger partial charge in [0.2, 0.25) is 5.16 Å². The van der Waals surface area contributed by atoms with Crippen LogP contribution in [0.5, 0.6) is 0 Å². The summed E-state index contributed by atoms with van der Waals surface area (Å²) in [6.45, 7) is 0. The number of benzene rings is 1. The topological polar surface area (TPSA) is 82.2 Å². The number of fused-ring (bicyclic) bond motifs is 3. The molecule has 3 heterocycles. The maximum absolute atomic E-state index is 13.1. The Hall–Kier alpha value is -2.29. The third kappa shape index (κ3) is 2.45. The minimum atomic E-state index is -1.38. The molecule has 0 radical (unpaired) electrons. The Labute approximate surface area is 153 Å². The predicted octanol–water partition coefficient (Wildman–Crippen LogP) is 2.47. The number of imidazole rings is 1. The third-order valence-electron chi connectivity index (χ3n) is 3.64. The van der Waals surface area contributed by atoms with Gasteiger partial charge in [-0.15, -0.1) is 0 Å². The quantitative estimate of drug-likeness (QED) is 0.488. The summed E-state index contributed by atoms with van der Waals surface area (Å²) in [5.74, 6) is 0. The maximum atomic E-state index is 13.1. The van der Waals surface area contributed by atoms with Gasteiger partial charge >= 0.3 is 0 Å². The molecule has 0 aliphatic heterocycles. The molecule has 4 rings (SSSR count). The van der Waals surface area contributed by atoms with E-state index in [4.69, 9.17) is 23.2 Å². The highest BCUT2D eigenvalue weighted by Crippen LogP contribution is 2.28. The van der Waals surface area contributed by atoms with Gasteiger partial charge in [-0.25, -0.2) is 24.1 Å². The average molecular weight is 394 g/mol. The summed E-state index contributed by atoms with van der Waals surface area (Å²) in [6, 6.07) is 4.97. The van der Waals surface area contributed by atoms with Crippen molar-refractivity contribution < 1.29 is 4.21 Å². The van der Waals surface area contributed by atoms with E-state index < -0.39 is 16.4 Å². The first-order valence-corrected chi connectivity index (χ1v) is 9.33. The van der Waals surface area contributed by atoms with Crippen molar-refractivity contribution in [1.82, 2.24) is 24.1 Å². The highest BCUT2D eigenvalue weighted by atomic mass is 35.5. The molecule has 7 nitrogen and oxygen atoms in total. The van der Waals surface area contributed by atoms with Crippen molar-refractivity contribution in [3.8, 4) is 5.69 Å². The Bertz CT molecular complexity index is 1210. The fraction of sp³-hybridized carbons (Fsp3) is 0.0667. The van der Waals surface area contributed by atoms with Crippen molar-refractivity contribution in [2.24, 2.45) is 0 Å². The zero-order chi connectivity index (χ0) is 17.7. The number of halogens is 2. The lowest BCUT2D eigenvalue weighted by Gasteiger charge is -2.14. The maximum Gasteiger partial charge on any atom is 0.281 e. The van der Waals surface area contributed by atoms with E-state index in [1.807, 2.05) is 0 Å². The van der Waals surface area contributed by atoms with Crippen LogP contribution in [-0.2, 0) is 10.8 Å². The molecule has 1 unspecified atom stereocenters. The van der Waals surface area contributed by atoms with Crippen molar-refractivity contribution in [2.45, 2.75) is 5.16 Å². The summed E-state index contributed by atoms with van der Waals surface area (Å²) >= 11 is 12.5. The van der Waals surface area contributed by atoms with Crippen molar-refractivity contribution >= 4 is 50.6 Å². The van der Waals surface area contributed by atoms with Crippen LogP contribution in [0.15, 0.2) is 46.7 Å². The lowest BCUT2D eigenvalue weighted by Crippen LogP contribution is -2.26. The molecule has 0 aliphatic rings. The van der Waals surface area contributed by atoms with Crippen LogP contribution in [0.2, 0.25) is 10.0 Å². The van der Waals surface area contributed by atoms with Gasteiger partial charge in [-0.3, -0.25) is 9.00 Å². The van der Waals surface area contributed by atoms with Crippen LogP contribution < -0.4 is 5.56 Å². The highest BCUT2D eigenvalue weighted by molar-refractivity contribution is 7.84. The molecular formula is C15H9Cl2N5O2S. The van der Waals surface area contributed by atoms with Crippen molar-refractivity contribution in [1.29, 1.82) is 0 Å². The van der Waals surface area contributed by atoms with Crippen molar-refractivity contribution in [3.63, 3.8) is 0 Å². The molecule has 1 aromatic carbocycles. The normalized spacial score (nSPS) is 12.8. The lowest BCUT2D eigenvalue weighted by molar-refractivity contribution is 0.680. The van der Waals surface area contributed by atoms with Gasteiger partial charge in [0.1, 0.15) is 11.2 Å². The zero-order valence-corrected chi connectivity index (χ0v) is 15.0. The molecule has 0 amide bonds. The van der Waals surface area contributed by atoms with E-state index in [1.54, 1.807) is 24.4 Å². The van der Waals surface area contributed by atoms with E-state index in [-0.39, 0.29) is 10.5 Å². The Morgan fingerprint density at radius 2 is 1.88 bits per heavy atom. The molecule has 126 valence electrons. The minimum absolute atomic E-state index is 0.130. The van der Waals surface area contributed by atoms with Crippen LogP contribution in [-0.4, -0.2) is 34.6 Å². The van der Waals surface area contributed by atoms with Gasteiger partial charge in [0.05, 0.1) is 26.2 Å². The third-order valence-corrected chi connectivity index (χ3v) is 4.97. The number of rotatable bonds is 2. The molecule has 4 aromatic rings. The van der Waals surface area contributed by atoms with E-state index >= 15 is 0 Å². The molecule has 0 bridgehead atoms. The first kappa shape index (κ1) is 16.2. The largest absolute Gasteiger partial charge is 0.281 e. The van der Waals surface area contributed by atoms with Crippen LogP contribution in [0, 0.1) is 0 Å². The molecule has 10 heteroatoms. The van der Waals surface area contributed by atoms with E-state index in [2.05, 4.69) is 15.0 Å². The van der Waals surface area contributed by atoms with Gasteiger partial charge in [-0.05, 0) is 12.1 Å². The molecule has 25 heavy (non-hydrogen) atoms. The SMILES string of the molecule is CS(=O)c1ncc2c(=O)n(-c3c(Cl)cccc3Cl)n3ccnc3c2n1. The molecule has 0 spiro atoms. The number of aromatic nitrogens is 5. The number of hydrogen-bond acceptors (Lipinski definition) is 5. The van der Waals surface area contributed by atoms with Crippen molar-refractivity contribution in [2.75, 3.05) is 6.26 Å². The number of hydrogen-bond donors (Lipinski definition) is 0. The molecule has 3 aromatic heterocycles. The van der Waals surface area contributed by atoms with E-state index in [0.717, 1.165) is 0 Å². The van der Waals surface area contributed by atoms with E-state index in [0.29, 0.717) is 26.9 Å². The molecule has 0 saturated carbocycles. The van der Waals surface area contributed by atoms with E-state index in [9.17, 15) is 9.00 Å². The molecule has 1 atom stereocenters. The van der Waals surface area contributed by atoms with E-state index in [1.165, 1.54) is 27.8 Å². The summed E-state index contributed by atoms with van der Waals surface area (Å²) in [5, 5.41) is 0.988. The Morgan fingerprint density at radius 3 is 2.56 bits per heavy atom. The van der Waals surface area contributed by atoms with Crippen LogP contribution >= 0.6 is 23.2 Å². The minimum Gasteiger partial charge on any atom is -0.267 e. The number of para-hydroxylation sites is 1. The lowest BCUT2D eigenvalue weighted by atomic mass is 10.3. The summed E-state index contributed by atoms with van der Waals surface area (Å²) in [7, 11) is -1.38. The molecule has 0 fully saturated rings. The summed E-state index contributed by atoms with van der Waals surface area (Å²) < 4.78 is 14.5. The van der Waals surface area contributed by atoms with Crippen molar-refractivity contribution in [3.05, 3.63) is 57.2 Å². The monoisotopic (exact) mass is 393 g/mol. The fourth-order valence-corrected chi connectivity index (χ4v) is 3.55. The van der Waals surface area contributed by atoms with Gasteiger partial charge < -0.3 is 0 Å². The first-order chi connectivity index (χ1) is 12.0. The van der Waals surface area contributed by atoms with Crippen LogP contribution in [0.1, 0.15) is 0 Å². The average Bonchev–Trinajstić information content (AvgIpc) is 3.06. The second kappa shape index (κ2) is 5.91. The standard InChI is InChI=1S/C15H9Cl2N5O2S/c1-25(24)15-19-7-8-11(20-15)13-18-5-6-21(13)22(14(8)23)12-9(16)3-2-4-10(12)17/h2-7H,1H3. The van der Waals surface area contributed by atoms with Gasteiger partial charge in [-0.1, -0.05) is 29.3 Å². The predicted molar refractivity (Wildman–Crippen MR) is 96.2 cm³/mol. The summed E-state index contributed by atoms with van der Waals surface area (Å²) in [5.41, 5.74) is 0.641. The fourth-order valence-electron chi connectivity index (χ4n) is 2.57. The molecule has 0 saturated heterocycles. The van der Waals surface area contributed by atoms with Crippen LogP contribution in [0.4, 0.5) is 0 Å². The zero-order valence-electron chi connectivity index (χ0n) is 12.7. The number of nitrogens with zero attached hydrogens (tertiary/aromatic N) is 5.